The number of anilines is 2. The summed E-state index contributed by atoms with van der Waals surface area (Å²) in [5.41, 5.74) is 3.05. The van der Waals surface area contributed by atoms with Gasteiger partial charge < -0.3 is 10.6 Å². The van der Waals surface area contributed by atoms with Gasteiger partial charge in [0, 0.05) is 34.2 Å². The molecule has 2 N–H and O–H groups in total. The van der Waals surface area contributed by atoms with Crippen LogP contribution in [-0.4, -0.2) is 22.0 Å². The molecule has 0 aliphatic carbocycles. The van der Waals surface area contributed by atoms with Crippen LogP contribution in [0.25, 0.3) is 0 Å². The van der Waals surface area contributed by atoms with Crippen LogP contribution in [0.1, 0.15) is 22.8 Å². The Hall–Kier alpha value is -3.12. The third-order valence-corrected chi connectivity index (χ3v) is 5.10. The number of benzene rings is 2. The Bertz CT molecular complexity index is 976. The van der Waals surface area contributed by atoms with Crippen LogP contribution in [0.3, 0.4) is 0 Å². The number of hydrogen-bond acceptors (Lipinski definition) is 4. The first-order valence-electron chi connectivity index (χ1n) is 8.87. The van der Waals surface area contributed by atoms with Gasteiger partial charge in [-0.15, -0.1) is 11.8 Å². The lowest BCUT2D eigenvalue weighted by Gasteiger charge is -2.13. The molecular formula is C22H21N3O2S. The third-order valence-electron chi connectivity index (χ3n) is 4.00. The van der Waals surface area contributed by atoms with Gasteiger partial charge in [0.2, 0.25) is 5.91 Å². The number of amides is 2. The molecule has 28 heavy (non-hydrogen) atoms. The average Bonchev–Trinajstić information content (AvgIpc) is 2.69. The van der Waals surface area contributed by atoms with Gasteiger partial charge in [0.15, 0.2) is 0 Å². The minimum Gasteiger partial charge on any atom is -0.325 e. The van der Waals surface area contributed by atoms with Crippen LogP contribution in [0.2, 0.25) is 0 Å². The zero-order valence-corrected chi connectivity index (χ0v) is 16.5. The first-order valence-corrected chi connectivity index (χ1v) is 9.75. The molecule has 1 aromatic heterocycles. The molecule has 2 aromatic carbocycles. The fourth-order valence-corrected chi connectivity index (χ4v) is 3.50. The van der Waals surface area contributed by atoms with E-state index in [1.54, 1.807) is 30.6 Å². The average molecular weight is 391 g/mol. The third kappa shape index (κ3) is 5.44. The number of rotatable bonds is 6. The summed E-state index contributed by atoms with van der Waals surface area (Å²) in [6, 6.07) is 18.4. The Morgan fingerprint density at radius 1 is 0.929 bits per heavy atom. The highest BCUT2D eigenvalue weighted by atomic mass is 32.2. The van der Waals surface area contributed by atoms with Crippen molar-refractivity contribution in [1.29, 1.82) is 0 Å². The van der Waals surface area contributed by atoms with Gasteiger partial charge in [-0.1, -0.05) is 23.8 Å². The van der Waals surface area contributed by atoms with Gasteiger partial charge in [0.25, 0.3) is 5.91 Å². The lowest BCUT2D eigenvalue weighted by molar-refractivity contribution is -0.115. The van der Waals surface area contributed by atoms with Crippen LogP contribution >= 0.6 is 11.8 Å². The van der Waals surface area contributed by atoms with E-state index in [0.29, 0.717) is 16.9 Å². The van der Waals surface area contributed by atoms with Gasteiger partial charge in [-0.25, -0.2) is 0 Å². The van der Waals surface area contributed by atoms with E-state index < -0.39 is 0 Å². The largest absolute Gasteiger partial charge is 0.325 e. The zero-order chi connectivity index (χ0) is 19.9. The number of carbonyl (C=O) groups is 2. The molecule has 1 heterocycles. The van der Waals surface area contributed by atoms with Crippen molar-refractivity contribution in [2.75, 3.05) is 10.6 Å². The number of nitrogens with zero attached hydrogens (tertiary/aromatic N) is 1. The molecule has 1 atom stereocenters. The molecule has 1 unspecified atom stereocenters. The monoisotopic (exact) mass is 391 g/mol. The summed E-state index contributed by atoms with van der Waals surface area (Å²) in [7, 11) is 0. The fourth-order valence-electron chi connectivity index (χ4n) is 2.57. The Kier molecular flexibility index (Phi) is 6.45. The molecule has 0 aliphatic rings. The second kappa shape index (κ2) is 9.19. The van der Waals surface area contributed by atoms with E-state index in [2.05, 4.69) is 15.6 Å². The summed E-state index contributed by atoms with van der Waals surface area (Å²) in [6.07, 6.45) is 3.27. The van der Waals surface area contributed by atoms with E-state index in [0.717, 1.165) is 10.5 Å². The van der Waals surface area contributed by atoms with Crippen LogP contribution < -0.4 is 10.6 Å². The molecule has 6 heteroatoms. The van der Waals surface area contributed by atoms with Gasteiger partial charge in [-0.05, 0) is 56.3 Å². The maximum Gasteiger partial charge on any atom is 0.255 e. The first-order chi connectivity index (χ1) is 13.5. The van der Waals surface area contributed by atoms with Crippen molar-refractivity contribution in [2.45, 2.75) is 24.0 Å². The van der Waals surface area contributed by atoms with E-state index in [-0.39, 0.29) is 17.1 Å². The highest BCUT2D eigenvalue weighted by Gasteiger charge is 2.15. The lowest BCUT2D eigenvalue weighted by atomic mass is 10.1. The molecule has 0 saturated carbocycles. The van der Waals surface area contributed by atoms with Crippen LogP contribution in [0, 0.1) is 6.92 Å². The van der Waals surface area contributed by atoms with Gasteiger partial charge in [0.1, 0.15) is 0 Å². The number of aryl methyl sites for hydroxylation is 1. The predicted octanol–water partition coefficient (Wildman–Crippen LogP) is 4.76. The van der Waals surface area contributed by atoms with E-state index in [1.807, 2.05) is 56.3 Å². The lowest BCUT2D eigenvalue weighted by Crippen LogP contribution is -2.22. The Balaban J connectivity index is 1.62. The van der Waals surface area contributed by atoms with Crippen molar-refractivity contribution in [3.05, 3.63) is 84.2 Å². The second-order valence-corrected chi connectivity index (χ2v) is 7.75. The molecular weight excluding hydrogens is 370 g/mol. The standard InChI is InChI=1S/C22H21N3O2S/c1-15-5-3-6-17(13-15)22(27)25-19-7-4-8-20(14-19)28-16(2)21(26)24-18-9-11-23-12-10-18/h3-14,16H,1-2H3,(H,25,27)(H,23,24,26). The maximum absolute atomic E-state index is 12.4. The predicted molar refractivity (Wildman–Crippen MR) is 114 cm³/mol. The van der Waals surface area contributed by atoms with Crippen molar-refractivity contribution >= 4 is 35.0 Å². The van der Waals surface area contributed by atoms with Crippen LogP contribution in [-0.2, 0) is 4.79 Å². The summed E-state index contributed by atoms with van der Waals surface area (Å²) >= 11 is 1.43. The number of nitrogens with one attached hydrogen (secondary N) is 2. The first kappa shape index (κ1) is 19.6. The fraction of sp³-hybridized carbons (Fsp3) is 0.136. The molecule has 0 saturated heterocycles. The molecule has 0 bridgehead atoms. The summed E-state index contributed by atoms with van der Waals surface area (Å²) < 4.78 is 0. The van der Waals surface area contributed by atoms with Crippen molar-refractivity contribution < 1.29 is 9.59 Å². The van der Waals surface area contributed by atoms with E-state index in [1.165, 1.54) is 11.8 Å². The molecule has 3 rings (SSSR count). The topological polar surface area (TPSA) is 71.1 Å². The van der Waals surface area contributed by atoms with Gasteiger partial charge in [-0.3, -0.25) is 14.6 Å². The Labute approximate surface area is 168 Å². The van der Waals surface area contributed by atoms with Crippen LogP contribution in [0.4, 0.5) is 11.4 Å². The summed E-state index contributed by atoms with van der Waals surface area (Å²) in [4.78, 5) is 29.6. The number of carbonyl (C=O) groups excluding carboxylic acids is 2. The Morgan fingerprint density at radius 3 is 2.43 bits per heavy atom. The molecule has 0 aliphatic heterocycles. The second-order valence-electron chi connectivity index (χ2n) is 6.34. The summed E-state index contributed by atoms with van der Waals surface area (Å²) in [6.45, 7) is 3.80. The molecule has 0 spiro atoms. The highest BCUT2D eigenvalue weighted by molar-refractivity contribution is 8.00. The van der Waals surface area contributed by atoms with E-state index in [4.69, 9.17) is 0 Å². The summed E-state index contributed by atoms with van der Waals surface area (Å²) in [5, 5.41) is 5.48. The van der Waals surface area contributed by atoms with Crippen LogP contribution in [0.15, 0.2) is 78.0 Å². The SMILES string of the molecule is Cc1cccc(C(=O)Nc2cccc(SC(C)C(=O)Nc3ccncc3)c2)c1. The van der Waals surface area contributed by atoms with Crippen molar-refractivity contribution in [1.82, 2.24) is 4.98 Å². The normalized spacial score (nSPS) is 11.5. The minimum absolute atomic E-state index is 0.0922. The van der Waals surface area contributed by atoms with Crippen molar-refractivity contribution in [3.63, 3.8) is 0 Å². The van der Waals surface area contributed by atoms with Gasteiger partial charge in [0.05, 0.1) is 5.25 Å². The van der Waals surface area contributed by atoms with Gasteiger partial charge in [-0.2, -0.15) is 0 Å². The number of hydrogen-bond donors (Lipinski definition) is 2. The molecule has 2 amide bonds. The van der Waals surface area contributed by atoms with Crippen molar-refractivity contribution in [2.24, 2.45) is 0 Å². The molecule has 5 nitrogen and oxygen atoms in total. The summed E-state index contributed by atoms with van der Waals surface area (Å²) in [5.74, 6) is -0.250. The number of aromatic nitrogens is 1. The Morgan fingerprint density at radius 2 is 1.68 bits per heavy atom. The van der Waals surface area contributed by atoms with Gasteiger partial charge >= 0.3 is 0 Å². The minimum atomic E-state index is -0.295. The smallest absolute Gasteiger partial charge is 0.255 e. The number of pyridine rings is 1. The van der Waals surface area contributed by atoms with Crippen molar-refractivity contribution in [3.8, 4) is 0 Å². The number of thioether (sulfide) groups is 1. The zero-order valence-electron chi connectivity index (χ0n) is 15.7. The molecule has 0 radical (unpaired) electrons. The molecule has 3 aromatic rings. The highest BCUT2D eigenvalue weighted by Crippen LogP contribution is 2.27. The van der Waals surface area contributed by atoms with Crippen LogP contribution in [0.5, 0.6) is 0 Å². The molecule has 142 valence electrons. The van der Waals surface area contributed by atoms with E-state index >= 15 is 0 Å². The van der Waals surface area contributed by atoms with E-state index in [9.17, 15) is 9.59 Å². The maximum atomic E-state index is 12.4. The molecule has 0 fully saturated rings. The quantitative estimate of drug-likeness (QED) is 0.594.